The third-order valence-electron chi connectivity index (χ3n) is 3.22. The van der Waals surface area contributed by atoms with E-state index >= 15 is 0 Å². The van der Waals surface area contributed by atoms with Crippen LogP contribution in [0.25, 0.3) is 0 Å². The van der Waals surface area contributed by atoms with Crippen LogP contribution < -0.4 is 0 Å². The maximum atomic E-state index is 5.97. The highest BCUT2D eigenvalue weighted by Gasteiger charge is 2.30. The van der Waals surface area contributed by atoms with Gasteiger partial charge in [0.15, 0.2) is 0 Å². The smallest absolute Gasteiger partial charge is 0.0170 e. The Balaban J connectivity index is 1.82. The van der Waals surface area contributed by atoms with Crippen molar-refractivity contribution in [2.45, 2.75) is 32.1 Å². The predicted molar refractivity (Wildman–Crippen MR) is 47.5 cm³/mol. The zero-order chi connectivity index (χ0) is 7.68. The maximum Gasteiger partial charge on any atom is 0.0170 e. The molecule has 0 N–H and O–H groups in total. The van der Waals surface area contributed by atoms with Crippen LogP contribution >= 0.6 is 11.8 Å². The van der Waals surface area contributed by atoms with Gasteiger partial charge in [0.1, 0.15) is 0 Å². The second-order valence-electron chi connectivity index (χ2n) is 3.96. The molecule has 1 saturated heterocycles. The number of rotatable bonds is 1. The second-order valence-corrected chi connectivity index (χ2v) is 4.44. The lowest BCUT2D eigenvalue weighted by Crippen LogP contribution is -2.35. The highest BCUT2D eigenvalue weighted by atomic mass is 35.5. The maximum absolute atomic E-state index is 5.97. The largest absolute Gasteiger partial charge is 0.220 e. The third-order valence-corrected chi connectivity index (χ3v) is 3.53. The Kier molecular flexibility index (Phi) is 2.38. The summed E-state index contributed by atoms with van der Waals surface area (Å²) in [6.07, 6.45) is 7.13. The van der Waals surface area contributed by atoms with Gasteiger partial charge < -0.3 is 0 Å². The van der Waals surface area contributed by atoms with Gasteiger partial charge in [-0.05, 0) is 36.5 Å². The van der Waals surface area contributed by atoms with Crippen molar-refractivity contribution in [1.29, 1.82) is 0 Å². The van der Waals surface area contributed by atoms with Crippen LogP contribution in [0, 0.1) is 11.8 Å². The fraction of sp³-hybridized carbons (Fsp3) is 1.00. The van der Waals surface area contributed by atoms with Gasteiger partial charge >= 0.3 is 0 Å². The highest BCUT2D eigenvalue weighted by Crippen LogP contribution is 2.37. The molecular formula is C9H16ClN. The van der Waals surface area contributed by atoms with E-state index in [0.717, 1.165) is 24.9 Å². The van der Waals surface area contributed by atoms with Gasteiger partial charge in [0, 0.05) is 13.1 Å². The molecule has 64 valence electrons. The van der Waals surface area contributed by atoms with E-state index in [1.54, 1.807) is 0 Å². The summed E-state index contributed by atoms with van der Waals surface area (Å²) < 4.78 is 1.98. The van der Waals surface area contributed by atoms with Gasteiger partial charge in [-0.3, -0.25) is 0 Å². The quantitative estimate of drug-likeness (QED) is 0.552. The number of piperidine rings is 1. The molecule has 1 nitrogen and oxygen atoms in total. The van der Waals surface area contributed by atoms with Crippen molar-refractivity contribution in [1.82, 2.24) is 4.42 Å². The van der Waals surface area contributed by atoms with E-state index in [-0.39, 0.29) is 0 Å². The van der Waals surface area contributed by atoms with Crippen molar-refractivity contribution >= 4 is 11.8 Å². The molecule has 2 fully saturated rings. The molecule has 1 atom stereocenters. The summed E-state index contributed by atoms with van der Waals surface area (Å²) in [7, 11) is 0. The minimum atomic E-state index is 0.926. The van der Waals surface area contributed by atoms with E-state index < -0.39 is 0 Å². The molecule has 0 aromatic rings. The second kappa shape index (κ2) is 3.32. The van der Waals surface area contributed by atoms with Crippen LogP contribution in [0.2, 0.25) is 0 Å². The Morgan fingerprint density at radius 3 is 2.27 bits per heavy atom. The lowest BCUT2D eigenvalue weighted by Gasteiger charge is -2.38. The van der Waals surface area contributed by atoms with E-state index in [0.29, 0.717) is 0 Å². The molecule has 2 heteroatoms. The highest BCUT2D eigenvalue weighted by molar-refractivity contribution is 6.13. The first-order valence-corrected chi connectivity index (χ1v) is 5.11. The van der Waals surface area contributed by atoms with Gasteiger partial charge in [-0.25, -0.2) is 4.42 Å². The van der Waals surface area contributed by atoms with Crippen molar-refractivity contribution in [2.75, 3.05) is 13.1 Å². The van der Waals surface area contributed by atoms with E-state index in [2.05, 4.69) is 0 Å². The van der Waals surface area contributed by atoms with E-state index in [1.165, 1.54) is 32.1 Å². The first-order chi connectivity index (χ1) is 5.36. The Morgan fingerprint density at radius 2 is 1.73 bits per heavy atom. The summed E-state index contributed by atoms with van der Waals surface area (Å²) in [5.74, 6) is 1.95. The van der Waals surface area contributed by atoms with Crippen molar-refractivity contribution in [2.24, 2.45) is 11.8 Å². The van der Waals surface area contributed by atoms with Crippen molar-refractivity contribution in [3.63, 3.8) is 0 Å². The van der Waals surface area contributed by atoms with Gasteiger partial charge in [0.2, 0.25) is 0 Å². The number of halogens is 1. The fourth-order valence-corrected chi connectivity index (χ4v) is 2.55. The monoisotopic (exact) mass is 173 g/mol. The van der Waals surface area contributed by atoms with E-state index in [9.17, 15) is 0 Å². The van der Waals surface area contributed by atoms with Gasteiger partial charge in [-0.1, -0.05) is 19.3 Å². The molecule has 0 bridgehead atoms. The summed E-state index contributed by atoms with van der Waals surface area (Å²) in [6, 6.07) is 0. The van der Waals surface area contributed by atoms with Crippen LogP contribution in [0.3, 0.4) is 0 Å². The molecule has 0 aromatic heterocycles. The molecule has 0 amide bonds. The zero-order valence-electron chi connectivity index (χ0n) is 6.93. The number of hydrogen-bond donors (Lipinski definition) is 0. The SMILES string of the molecule is ClN1CCCC(C2CCC2)C1. The summed E-state index contributed by atoms with van der Waals surface area (Å²) in [6.45, 7) is 2.25. The normalized spacial score (nSPS) is 35.2. The average Bonchev–Trinajstić information content (AvgIpc) is 1.83. The third kappa shape index (κ3) is 1.70. The van der Waals surface area contributed by atoms with Crippen molar-refractivity contribution in [3.8, 4) is 0 Å². The Labute approximate surface area is 73.8 Å². The molecule has 0 radical (unpaired) electrons. The van der Waals surface area contributed by atoms with Gasteiger partial charge in [0.05, 0.1) is 0 Å². The molecule has 11 heavy (non-hydrogen) atoms. The average molecular weight is 174 g/mol. The molecule has 1 aliphatic carbocycles. The number of hydrogen-bond acceptors (Lipinski definition) is 1. The fourth-order valence-electron chi connectivity index (χ4n) is 2.26. The Bertz CT molecular complexity index is 134. The lowest BCUT2D eigenvalue weighted by molar-refractivity contribution is 0.139. The summed E-state index contributed by atoms with van der Waals surface area (Å²) in [5.41, 5.74) is 0. The summed E-state index contributed by atoms with van der Waals surface area (Å²) in [5, 5.41) is 0. The topological polar surface area (TPSA) is 3.24 Å². The Morgan fingerprint density at radius 1 is 1.00 bits per heavy atom. The standard InChI is InChI=1S/C9H16ClN/c10-11-6-2-5-9(7-11)8-3-1-4-8/h8-9H,1-7H2. The molecular weight excluding hydrogens is 158 g/mol. The molecule has 1 heterocycles. The minimum Gasteiger partial charge on any atom is -0.220 e. The predicted octanol–water partition coefficient (Wildman–Crippen LogP) is 2.65. The van der Waals surface area contributed by atoms with Gasteiger partial charge in [0.25, 0.3) is 0 Å². The first-order valence-electron chi connectivity index (χ1n) is 4.77. The van der Waals surface area contributed by atoms with Gasteiger partial charge in [-0.15, -0.1) is 0 Å². The van der Waals surface area contributed by atoms with Crippen LogP contribution in [0.1, 0.15) is 32.1 Å². The Hall–Kier alpha value is 0.250. The zero-order valence-corrected chi connectivity index (χ0v) is 7.69. The molecule has 1 aliphatic heterocycles. The van der Waals surface area contributed by atoms with E-state index in [4.69, 9.17) is 11.8 Å². The molecule has 2 rings (SSSR count). The van der Waals surface area contributed by atoms with Crippen LogP contribution in [0.5, 0.6) is 0 Å². The molecule has 2 aliphatic rings. The summed E-state index contributed by atoms with van der Waals surface area (Å²) >= 11 is 5.97. The van der Waals surface area contributed by atoms with Crippen LogP contribution in [0.4, 0.5) is 0 Å². The van der Waals surface area contributed by atoms with Gasteiger partial charge in [-0.2, -0.15) is 0 Å². The number of nitrogens with zero attached hydrogens (tertiary/aromatic N) is 1. The van der Waals surface area contributed by atoms with Crippen LogP contribution in [-0.4, -0.2) is 17.5 Å². The molecule has 0 aromatic carbocycles. The van der Waals surface area contributed by atoms with Crippen molar-refractivity contribution in [3.05, 3.63) is 0 Å². The van der Waals surface area contributed by atoms with Crippen LogP contribution in [0.15, 0.2) is 0 Å². The lowest BCUT2D eigenvalue weighted by atomic mass is 9.73. The van der Waals surface area contributed by atoms with Crippen molar-refractivity contribution < 1.29 is 0 Å². The summed E-state index contributed by atoms with van der Waals surface area (Å²) in [4.78, 5) is 0. The van der Waals surface area contributed by atoms with Crippen LogP contribution in [-0.2, 0) is 0 Å². The molecule has 1 unspecified atom stereocenters. The van der Waals surface area contributed by atoms with E-state index in [1.807, 2.05) is 4.42 Å². The molecule has 1 saturated carbocycles. The first kappa shape index (κ1) is 7.88. The minimum absolute atomic E-state index is 0.926. The molecule has 0 spiro atoms.